The van der Waals surface area contributed by atoms with Crippen LogP contribution in [0.15, 0.2) is 23.2 Å². The maximum Gasteiger partial charge on any atom is 0.224 e. The van der Waals surface area contributed by atoms with Gasteiger partial charge in [-0.2, -0.15) is 5.26 Å². The van der Waals surface area contributed by atoms with Crippen molar-refractivity contribution in [2.45, 2.75) is 33.7 Å². The zero-order chi connectivity index (χ0) is 18.7. The summed E-state index contributed by atoms with van der Waals surface area (Å²) >= 11 is 0. The lowest BCUT2D eigenvalue weighted by molar-refractivity contribution is -0.130. The summed E-state index contributed by atoms with van der Waals surface area (Å²) in [6.07, 6.45) is 0.372. The number of nitrogens with one attached hydrogen (secondary N) is 2. The quantitative estimate of drug-likeness (QED) is 0.344. The second kappa shape index (κ2) is 13.3. The van der Waals surface area contributed by atoms with E-state index in [1.807, 2.05) is 26.8 Å². The minimum absolute atomic E-state index is 0. The Hall–Kier alpha value is -1.89. The van der Waals surface area contributed by atoms with Crippen LogP contribution < -0.4 is 10.6 Å². The molecule has 0 aliphatic rings. The molecule has 0 aliphatic carbocycles. The first-order chi connectivity index (χ1) is 12.0. The Kier molecular flexibility index (Phi) is 12.4. The summed E-state index contributed by atoms with van der Waals surface area (Å²) in [7, 11) is 0. The van der Waals surface area contributed by atoms with E-state index in [1.165, 1.54) is 6.07 Å². The third kappa shape index (κ3) is 7.99. The predicted octanol–water partition coefficient (Wildman–Crippen LogP) is 2.63. The number of nitrogens with zero attached hydrogens (tertiary/aromatic N) is 3. The molecule has 0 radical (unpaired) electrons. The van der Waals surface area contributed by atoms with Gasteiger partial charge in [-0.15, -0.1) is 24.0 Å². The highest BCUT2D eigenvalue weighted by atomic mass is 127. The van der Waals surface area contributed by atoms with E-state index in [9.17, 15) is 9.18 Å². The Balaban J connectivity index is 0.00000625. The van der Waals surface area contributed by atoms with E-state index >= 15 is 0 Å². The molecule has 144 valence electrons. The number of amides is 1. The lowest BCUT2D eigenvalue weighted by Crippen LogP contribution is -2.40. The Morgan fingerprint density at radius 2 is 1.96 bits per heavy atom. The van der Waals surface area contributed by atoms with E-state index in [2.05, 4.69) is 15.6 Å². The van der Waals surface area contributed by atoms with Crippen molar-refractivity contribution in [1.82, 2.24) is 15.5 Å². The van der Waals surface area contributed by atoms with E-state index in [0.29, 0.717) is 44.1 Å². The van der Waals surface area contributed by atoms with E-state index in [-0.39, 0.29) is 42.0 Å². The van der Waals surface area contributed by atoms with Crippen LogP contribution in [0.1, 0.15) is 38.3 Å². The maximum absolute atomic E-state index is 13.9. The van der Waals surface area contributed by atoms with Crippen LogP contribution in [0.25, 0.3) is 0 Å². The zero-order valence-electron chi connectivity index (χ0n) is 15.5. The van der Waals surface area contributed by atoms with E-state index < -0.39 is 5.82 Å². The lowest BCUT2D eigenvalue weighted by Gasteiger charge is -2.19. The third-order valence-electron chi connectivity index (χ3n) is 3.68. The molecule has 0 fully saturated rings. The highest BCUT2D eigenvalue weighted by molar-refractivity contribution is 14.0. The molecule has 2 N–H and O–H groups in total. The van der Waals surface area contributed by atoms with Gasteiger partial charge in [0.15, 0.2) is 5.96 Å². The molecule has 1 amide bonds. The Morgan fingerprint density at radius 1 is 1.27 bits per heavy atom. The van der Waals surface area contributed by atoms with Crippen molar-refractivity contribution >= 4 is 35.8 Å². The van der Waals surface area contributed by atoms with Gasteiger partial charge in [-0.1, -0.05) is 6.07 Å². The fourth-order valence-corrected chi connectivity index (χ4v) is 2.27. The minimum Gasteiger partial charge on any atom is -0.357 e. The standard InChI is InChI=1S/C18H26FN5O.HI/c1-4-21-18(22-10-9-17(25)24(5-2)6-3)23-13-15-8-7-14(12-20)11-16(15)19;/h7-8,11H,4-6,9-10,13H2,1-3H3,(H2,21,22,23);1H. The molecule has 0 saturated carbocycles. The van der Waals surface area contributed by atoms with E-state index in [1.54, 1.807) is 17.0 Å². The second-order valence-corrected chi connectivity index (χ2v) is 5.36. The minimum atomic E-state index is -0.449. The highest BCUT2D eigenvalue weighted by Gasteiger charge is 2.09. The van der Waals surface area contributed by atoms with Gasteiger partial charge in [-0.3, -0.25) is 4.79 Å². The van der Waals surface area contributed by atoms with Crippen molar-refractivity contribution in [2.75, 3.05) is 26.2 Å². The average molecular weight is 475 g/mol. The van der Waals surface area contributed by atoms with E-state index in [0.717, 1.165) is 0 Å². The van der Waals surface area contributed by atoms with Gasteiger partial charge in [0.05, 0.1) is 18.2 Å². The summed E-state index contributed by atoms with van der Waals surface area (Å²) < 4.78 is 13.9. The fourth-order valence-electron chi connectivity index (χ4n) is 2.27. The normalized spacial score (nSPS) is 10.5. The summed E-state index contributed by atoms with van der Waals surface area (Å²) in [4.78, 5) is 18.1. The van der Waals surface area contributed by atoms with Gasteiger partial charge in [-0.05, 0) is 32.9 Å². The Labute approximate surface area is 171 Å². The smallest absolute Gasteiger partial charge is 0.224 e. The molecular formula is C18H27FIN5O. The predicted molar refractivity (Wildman–Crippen MR) is 112 cm³/mol. The van der Waals surface area contributed by atoms with Crippen LogP contribution in [-0.4, -0.2) is 42.9 Å². The molecule has 0 saturated heterocycles. The SMILES string of the molecule is CCNC(=NCc1ccc(C#N)cc1F)NCCC(=O)N(CC)CC.I. The van der Waals surface area contributed by atoms with E-state index in [4.69, 9.17) is 5.26 Å². The zero-order valence-corrected chi connectivity index (χ0v) is 17.8. The first-order valence-electron chi connectivity index (χ1n) is 8.54. The summed E-state index contributed by atoms with van der Waals surface area (Å²) in [5.74, 6) is 0.167. The molecule has 26 heavy (non-hydrogen) atoms. The molecule has 0 bridgehead atoms. The number of hydrogen-bond donors (Lipinski definition) is 2. The molecule has 1 rings (SSSR count). The van der Waals surface area contributed by atoms with Crippen molar-refractivity contribution in [1.29, 1.82) is 5.26 Å². The van der Waals surface area contributed by atoms with Crippen LogP contribution in [0.2, 0.25) is 0 Å². The van der Waals surface area contributed by atoms with Gasteiger partial charge in [0, 0.05) is 38.2 Å². The van der Waals surface area contributed by atoms with Crippen molar-refractivity contribution in [3.8, 4) is 6.07 Å². The number of carbonyl (C=O) groups excluding carboxylic acids is 1. The van der Waals surface area contributed by atoms with Gasteiger partial charge in [0.1, 0.15) is 5.82 Å². The van der Waals surface area contributed by atoms with Crippen molar-refractivity contribution in [3.05, 3.63) is 35.1 Å². The number of nitriles is 1. The average Bonchev–Trinajstić information content (AvgIpc) is 2.61. The van der Waals surface area contributed by atoms with Crippen LogP contribution in [0.5, 0.6) is 0 Å². The van der Waals surface area contributed by atoms with Crippen LogP contribution in [0, 0.1) is 17.1 Å². The number of carbonyl (C=O) groups is 1. The number of rotatable bonds is 8. The molecule has 0 aliphatic heterocycles. The second-order valence-electron chi connectivity index (χ2n) is 5.36. The first kappa shape index (κ1) is 24.1. The number of benzene rings is 1. The highest BCUT2D eigenvalue weighted by Crippen LogP contribution is 2.11. The van der Waals surface area contributed by atoms with Crippen LogP contribution in [0.3, 0.4) is 0 Å². The molecule has 0 unspecified atom stereocenters. The maximum atomic E-state index is 13.9. The summed E-state index contributed by atoms with van der Waals surface area (Å²) in [6.45, 7) is 8.49. The van der Waals surface area contributed by atoms with Crippen molar-refractivity contribution in [2.24, 2.45) is 4.99 Å². The number of halogens is 2. The fraction of sp³-hybridized carbons (Fsp3) is 0.500. The Bertz CT molecular complexity index is 641. The number of guanidine groups is 1. The lowest BCUT2D eigenvalue weighted by atomic mass is 10.1. The van der Waals surface area contributed by atoms with Gasteiger partial charge in [-0.25, -0.2) is 9.38 Å². The Morgan fingerprint density at radius 3 is 2.50 bits per heavy atom. The molecule has 6 nitrogen and oxygen atoms in total. The van der Waals surface area contributed by atoms with Gasteiger partial charge >= 0.3 is 0 Å². The van der Waals surface area contributed by atoms with Crippen molar-refractivity contribution < 1.29 is 9.18 Å². The van der Waals surface area contributed by atoms with Gasteiger partial charge in [0.25, 0.3) is 0 Å². The number of hydrogen-bond acceptors (Lipinski definition) is 3. The van der Waals surface area contributed by atoms with Crippen LogP contribution >= 0.6 is 24.0 Å². The molecular weight excluding hydrogens is 448 g/mol. The van der Waals surface area contributed by atoms with Crippen LogP contribution in [0.4, 0.5) is 4.39 Å². The number of aliphatic imine (C=N–C) groups is 1. The van der Waals surface area contributed by atoms with Crippen molar-refractivity contribution in [3.63, 3.8) is 0 Å². The molecule has 0 heterocycles. The molecule has 0 spiro atoms. The molecule has 0 atom stereocenters. The molecule has 1 aromatic carbocycles. The van der Waals surface area contributed by atoms with Crippen LogP contribution in [-0.2, 0) is 11.3 Å². The monoisotopic (exact) mass is 475 g/mol. The topological polar surface area (TPSA) is 80.5 Å². The summed E-state index contributed by atoms with van der Waals surface area (Å²) in [5, 5.41) is 14.9. The summed E-state index contributed by atoms with van der Waals surface area (Å²) in [6, 6.07) is 6.23. The first-order valence-corrected chi connectivity index (χ1v) is 8.54. The van der Waals surface area contributed by atoms with Gasteiger partial charge in [0.2, 0.25) is 5.91 Å². The summed E-state index contributed by atoms with van der Waals surface area (Å²) in [5.41, 5.74) is 0.695. The third-order valence-corrected chi connectivity index (χ3v) is 3.68. The molecule has 1 aromatic rings. The largest absolute Gasteiger partial charge is 0.357 e. The van der Waals surface area contributed by atoms with Gasteiger partial charge < -0.3 is 15.5 Å². The molecule has 8 heteroatoms. The molecule has 0 aromatic heterocycles.